The van der Waals surface area contributed by atoms with Crippen molar-refractivity contribution in [2.45, 2.75) is 30.5 Å². The van der Waals surface area contributed by atoms with Gasteiger partial charge in [-0.2, -0.15) is 0 Å². The fraction of sp³-hybridized carbons (Fsp3) is 0.240. The third-order valence-electron chi connectivity index (χ3n) is 5.64. The molecule has 4 aromatic rings. The zero-order valence-corrected chi connectivity index (χ0v) is 19.7. The van der Waals surface area contributed by atoms with Crippen LogP contribution in [0.3, 0.4) is 0 Å². The van der Waals surface area contributed by atoms with Crippen molar-refractivity contribution < 1.29 is 9.53 Å². The Hall–Kier alpha value is -3.10. The van der Waals surface area contributed by atoms with Gasteiger partial charge in [-0.3, -0.25) is 14.2 Å². The third-order valence-corrected chi connectivity index (χ3v) is 7.47. The van der Waals surface area contributed by atoms with E-state index in [0.717, 1.165) is 45.6 Å². The van der Waals surface area contributed by atoms with E-state index < -0.39 is 0 Å². The molecule has 2 heterocycles. The number of aromatic nitrogens is 2. The lowest BCUT2D eigenvalue weighted by atomic mass is 10.1. The van der Waals surface area contributed by atoms with Gasteiger partial charge in [0.25, 0.3) is 5.56 Å². The molecule has 0 atom stereocenters. The summed E-state index contributed by atoms with van der Waals surface area (Å²) in [6, 6.07) is 17.1. The molecule has 0 spiro atoms. The Kier molecular flexibility index (Phi) is 6.20. The van der Waals surface area contributed by atoms with Crippen LogP contribution in [0.5, 0.6) is 5.75 Å². The average Bonchev–Trinajstić information content (AvgIpc) is 3.61. The summed E-state index contributed by atoms with van der Waals surface area (Å²) in [6.07, 6.45) is 2.25. The molecular formula is C25H23N3O3S2. The van der Waals surface area contributed by atoms with Crippen LogP contribution < -0.4 is 15.6 Å². The molecule has 1 fully saturated rings. The van der Waals surface area contributed by atoms with E-state index >= 15 is 0 Å². The summed E-state index contributed by atoms with van der Waals surface area (Å²) in [5.74, 6) is 1.22. The number of methoxy groups -OCH3 is 1. The maximum Gasteiger partial charge on any atom is 0.267 e. The summed E-state index contributed by atoms with van der Waals surface area (Å²) < 4.78 is 6.98. The number of fused-ring (bicyclic) bond motifs is 1. The highest BCUT2D eigenvalue weighted by Crippen LogP contribution is 2.44. The number of thioether (sulfide) groups is 1. The maximum atomic E-state index is 13.6. The highest BCUT2D eigenvalue weighted by Gasteiger charge is 2.29. The number of thiophene rings is 1. The molecule has 2 aromatic heterocycles. The smallest absolute Gasteiger partial charge is 0.267 e. The first-order chi connectivity index (χ1) is 16.2. The minimum absolute atomic E-state index is 0.0636. The van der Waals surface area contributed by atoms with Gasteiger partial charge in [-0.05, 0) is 47.9 Å². The van der Waals surface area contributed by atoms with Crippen LogP contribution in [0.25, 0.3) is 15.9 Å². The molecule has 1 aliphatic carbocycles. The van der Waals surface area contributed by atoms with E-state index in [-0.39, 0.29) is 17.2 Å². The van der Waals surface area contributed by atoms with Gasteiger partial charge in [0, 0.05) is 12.1 Å². The standard InChI is InChI=1S/C25H23N3O3S2/c1-31-20-10-6-5-7-17(20)13-26-21(29)15-33-25-27-23-22(19(14-32-23)16-11-12-16)24(30)28(25)18-8-3-2-4-9-18/h2-10,14,16H,11-13,15H2,1H3,(H,26,29). The van der Waals surface area contributed by atoms with Crippen molar-refractivity contribution in [3.8, 4) is 11.4 Å². The number of ether oxygens (including phenoxy) is 1. The molecule has 6 nitrogen and oxygen atoms in total. The third kappa shape index (κ3) is 4.54. The lowest BCUT2D eigenvalue weighted by Gasteiger charge is -2.13. The van der Waals surface area contributed by atoms with E-state index in [4.69, 9.17) is 9.72 Å². The highest BCUT2D eigenvalue weighted by molar-refractivity contribution is 7.99. The molecule has 0 aliphatic heterocycles. The zero-order chi connectivity index (χ0) is 22.8. The molecule has 1 N–H and O–H groups in total. The van der Waals surface area contributed by atoms with E-state index in [9.17, 15) is 9.59 Å². The van der Waals surface area contributed by atoms with E-state index in [1.807, 2.05) is 54.6 Å². The highest BCUT2D eigenvalue weighted by atomic mass is 32.2. The van der Waals surface area contributed by atoms with Gasteiger partial charge in [-0.25, -0.2) is 4.98 Å². The summed E-state index contributed by atoms with van der Waals surface area (Å²) in [5.41, 5.74) is 2.71. The minimum atomic E-state index is -0.135. The van der Waals surface area contributed by atoms with Crippen LogP contribution >= 0.6 is 23.1 Å². The van der Waals surface area contributed by atoms with Crippen LogP contribution in [0.4, 0.5) is 0 Å². The summed E-state index contributed by atoms with van der Waals surface area (Å²) in [7, 11) is 1.61. The van der Waals surface area contributed by atoms with Crippen molar-refractivity contribution >= 4 is 39.2 Å². The Morgan fingerprint density at radius 1 is 1.18 bits per heavy atom. The van der Waals surface area contributed by atoms with Crippen molar-refractivity contribution in [2.24, 2.45) is 0 Å². The van der Waals surface area contributed by atoms with E-state index in [0.29, 0.717) is 17.6 Å². The van der Waals surface area contributed by atoms with Gasteiger partial charge in [-0.1, -0.05) is 48.2 Å². The van der Waals surface area contributed by atoms with Crippen LogP contribution in [0.1, 0.15) is 29.9 Å². The number of para-hydroxylation sites is 2. The zero-order valence-electron chi connectivity index (χ0n) is 18.1. The quantitative estimate of drug-likeness (QED) is 0.293. The number of carbonyl (C=O) groups is 1. The fourth-order valence-electron chi connectivity index (χ4n) is 3.81. The van der Waals surface area contributed by atoms with Crippen molar-refractivity contribution in [1.82, 2.24) is 14.9 Å². The fourth-order valence-corrected chi connectivity index (χ4v) is 5.72. The lowest BCUT2D eigenvalue weighted by Crippen LogP contribution is -2.26. The molecule has 1 amide bonds. The van der Waals surface area contributed by atoms with Gasteiger partial charge in [0.15, 0.2) is 5.16 Å². The number of nitrogens with one attached hydrogen (secondary N) is 1. The second kappa shape index (κ2) is 9.41. The minimum Gasteiger partial charge on any atom is -0.496 e. The van der Waals surface area contributed by atoms with Gasteiger partial charge < -0.3 is 10.1 Å². The van der Waals surface area contributed by atoms with Crippen LogP contribution in [-0.2, 0) is 11.3 Å². The van der Waals surface area contributed by atoms with Crippen LogP contribution in [0.2, 0.25) is 0 Å². The molecule has 2 aromatic carbocycles. The molecule has 0 saturated heterocycles. The Morgan fingerprint density at radius 3 is 2.70 bits per heavy atom. The monoisotopic (exact) mass is 477 g/mol. The maximum absolute atomic E-state index is 13.6. The molecule has 0 unspecified atom stereocenters. The predicted octanol–water partition coefficient (Wildman–Crippen LogP) is 4.74. The molecule has 0 bridgehead atoms. The van der Waals surface area contributed by atoms with Gasteiger partial charge >= 0.3 is 0 Å². The Morgan fingerprint density at radius 2 is 1.94 bits per heavy atom. The normalized spacial score (nSPS) is 13.2. The predicted molar refractivity (Wildman–Crippen MR) is 133 cm³/mol. The second-order valence-corrected chi connectivity index (χ2v) is 9.69. The van der Waals surface area contributed by atoms with Crippen molar-refractivity contribution in [2.75, 3.05) is 12.9 Å². The SMILES string of the molecule is COc1ccccc1CNC(=O)CSc1nc2scc(C3CC3)c2c(=O)n1-c1ccccc1. The van der Waals surface area contributed by atoms with Crippen molar-refractivity contribution in [3.63, 3.8) is 0 Å². The van der Waals surface area contributed by atoms with Crippen LogP contribution in [0.15, 0.2) is 69.9 Å². The number of hydrogen-bond donors (Lipinski definition) is 1. The number of rotatable bonds is 8. The first-order valence-corrected chi connectivity index (χ1v) is 12.6. The van der Waals surface area contributed by atoms with Crippen LogP contribution in [0, 0.1) is 0 Å². The number of hydrogen-bond acceptors (Lipinski definition) is 6. The number of nitrogens with zero attached hydrogens (tertiary/aromatic N) is 2. The lowest BCUT2D eigenvalue weighted by molar-refractivity contribution is -0.118. The number of amides is 1. The van der Waals surface area contributed by atoms with Crippen LogP contribution in [-0.4, -0.2) is 28.3 Å². The summed E-state index contributed by atoms with van der Waals surface area (Å²) in [4.78, 5) is 31.7. The molecule has 8 heteroatoms. The molecule has 0 radical (unpaired) electrons. The Balaban J connectivity index is 1.40. The number of benzene rings is 2. The first kappa shape index (κ1) is 21.7. The van der Waals surface area contributed by atoms with E-state index in [2.05, 4.69) is 10.7 Å². The first-order valence-electron chi connectivity index (χ1n) is 10.8. The molecule has 1 aliphatic rings. The summed E-state index contributed by atoms with van der Waals surface area (Å²) in [5, 5.41) is 6.24. The Labute approximate surface area is 199 Å². The van der Waals surface area contributed by atoms with Crippen molar-refractivity contribution in [1.29, 1.82) is 0 Å². The van der Waals surface area contributed by atoms with Gasteiger partial charge in [-0.15, -0.1) is 11.3 Å². The van der Waals surface area contributed by atoms with Gasteiger partial charge in [0.2, 0.25) is 5.91 Å². The summed E-state index contributed by atoms with van der Waals surface area (Å²) in [6.45, 7) is 0.372. The molecule has 1 saturated carbocycles. The van der Waals surface area contributed by atoms with Gasteiger partial charge in [0.1, 0.15) is 10.6 Å². The molecular weight excluding hydrogens is 454 g/mol. The van der Waals surface area contributed by atoms with E-state index in [1.165, 1.54) is 23.1 Å². The second-order valence-electron chi connectivity index (χ2n) is 7.89. The average molecular weight is 478 g/mol. The topological polar surface area (TPSA) is 73.2 Å². The molecule has 5 rings (SSSR count). The largest absolute Gasteiger partial charge is 0.496 e. The Bertz CT molecular complexity index is 1360. The van der Waals surface area contributed by atoms with Crippen molar-refractivity contribution in [3.05, 3.63) is 81.5 Å². The van der Waals surface area contributed by atoms with Gasteiger partial charge in [0.05, 0.1) is 23.9 Å². The number of carbonyl (C=O) groups excluding carboxylic acids is 1. The molecule has 168 valence electrons. The molecule has 33 heavy (non-hydrogen) atoms. The summed E-state index contributed by atoms with van der Waals surface area (Å²) >= 11 is 2.78. The van der Waals surface area contributed by atoms with E-state index in [1.54, 1.807) is 11.7 Å².